The van der Waals surface area contributed by atoms with Gasteiger partial charge in [-0.1, -0.05) is 11.6 Å². The molecule has 0 unspecified atom stereocenters. The van der Waals surface area contributed by atoms with E-state index in [1.807, 2.05) is 32.9 Å². The van der Waals surface area contributed by atoms with E-state index in [9.17, 15) is 4.79 Å². The van der Waals surface area contributed by atoms with Crippen LogP contribution in [0.2, 0.25) is 5.02 Å². The summed E-state index contributed by atoms with van der Waals surface area (Å²) in [5.74, 6) is 1.23. The molecule has 1 aromatic carbocycles. The van der Waals surface area contributed by atoms with Gasteiger partial charge in [-0.15, -0.1) is 0 Å². The van der Waals surface area contributed by atoms with E-state index < -0.39 is 0 Å². The van der Waals surface area contributed by atoms with Crippen LogP contribution >= 0.6 is 11.6 Å². The first-order valence-electron chi connectivity index (χ1n) is 6.85. The summed E-state index contributed by atoms with van der Waals surface area (Å²) in [6.45, 7) is 5.86. The van der Waals surface area contributed by atoms with Crippen molar-refractivity contribution < 1.29 is 9.21 Å². The zero-order chi connectivity index (χ0) is 15.5. The Balaban J connectivity index is 1.94. The summed E-state index contributed by atoms with van der Waals surface area (Å²) < 4.78 is 5.66. The van der Waals surface area contributed by atoms with Gasteiger partial charge in [0.1, 0.15) is 0 Å². The normalized spacial score (nSPS) is 11.4. The van der Waals surface area contributed by atoms with Gasteiger partial charge in [-0.3, -0.25) is 4.79 Å². The smallest absolute Gasteiger partial charge is 0.220 e. The zero-order valence-corrected chi connectivity index (χ0v) is 13.2. The SMILES string of the molecule is CC(C)(C)NC(=O)CCc1ncc(-c2ccc(Cl)cc2)o1. The maximum atomic E-state index is 11.8. The van der Waals surface area contributed by atoms with Gasteiger partial charge in [-0.2, -0.15) is 0 Å². The second-order valence-corrected chi connectivity index (χ2v) is 6.36. The Morgan fingerprint density at radius 3 is 2.57 bits per heavy atom. The van der Waals surface area contributed by atoms with E-state index in [4.69, 9.17) is 16.0 Å². The molecule has 0 saturated heterocycles. The number of carbonyl (C=O) groups excluding carboxylic acids is 1. The molecule has 5 heteroatoms. The molecule has 1 N–H and O–H groups in total. The van der Waals surface area contributed by atoms with Gasteiger partial charge in [0.25, 0.3) is 0 Å². The van der Waals surface area contributed by atoms with Crippen molar-refractivity contribution in [3.05, 3.63) is 41.4 Å². The molecule has 0 atom stereocenters. The summed E-state index contributed by atoms with van der Waals surface area (Å²) in [6.07, 6.45) is 2.51. The monoisotopic (exact) mass is 306 g/mol. The summed E-state index contributed by atoms with van der Waals surface area (Å²) in [4.78, 5) is 16.0. The fourth-order valence-electron chi connectivity index (χ4n) is 1.87. The number of nitrogens with zero attached hydrogens (tertiary/aromatic N) is 1. The Hall–Kier alpha value is -1.81. The Morgan fingerprint density at radius 1 is 1.29 bits per heavy atom. The first-order valence-corrected chi connectivity index (χ1v) is 7.23. The Labute approximate surface area is 129 Å². The minimum absolute atomic E-state index is 0.00579. The van der Waals surface area contributed by atoms with Crippen LogP contribution in [-0.4, -0.2) is 16.4 Å². The number of hydrogen-bond acceptors (Lipinski definition) is 3. The average Bonchev–Trinajstić information content (AvgIpc) is 2.84. The van der Waals surface area contributed by atoms with Crippen molar-refractivity contribution in [1.82, 2.24) is 10.3 Å². The van der Waals surface area contributed by atoms with Gasteiger partial charge < -0.3 is 9.73 Å². The highest BCUT2D eigenvalue weighted by Gasteiger charge is 2.14. The van der Waals surface area contributed by atoms with Crippen molar-refractivity contribution in [3.8, 4) is 11.3 Å². The lowest BCUT2D eigenvalue weighted by Crippen LogP contribution is -2.40. The summed E-state index contributed by atoms with van der Waals surface area (Å²) in [7, 11) is 0. The molecule has 0 spiro atoms. The number of carbonyl (C=O) groups is 1. The van der Waals surface area contributed by atoms with E-state index in [0.29, 0.717) is 29.5 Å². The van der Waals surface area contributed by atoms with Crippen LogP contribution in [0.4, 0.5) is 0 Å². The third-order valence-electron chi connectivity index (χ3n) is 2.76. The molecule has 1 heterocycles. The number of aromatic nitrogens is 1. The molecular weight excluding hydrogens is 288 g/mol. The minimum Gasteiger partial charge on any atom is -0.441 e. The van der Waals surface area contributed by atoms with E-state index in [2.05, 4.69) is 10.3 Å². The third-order valence-corrected chi connectivity index (χ3v) is 3.01. The number of amides is 1. The number of halogens is 1. The van der Waals surface area contributed by atoms with Crippen LogP contribution < -0.4 is 5.32 Å². The number of rotatable bonds is 4. The van der Waals surface area contributed by atoms with E-state index >= 15 is 0 Å². The molecule has 0 radical (unpaired) electrons. The lowest BCUT2D eigenvalue weighted by Gasteiger charge is -2.20. The van der Waals surface area contributed by atoms with Gasteiger partial charge in [0.05, 0.1) is 6.20 Å². The summed E-state index contributed by atoms with van der Waals surface area (Å²) >= 11 is 5.85. The van der Waals surface area contributed by atoms with E-state index in [-0.39, 0.29) is 11.4 Å². The Morgan fingerprint density at radius 2 is 1.95 bits per heavy atom. The summed E-state index contributed by atoms with van der Waals surface area (Å²) in [5.41, 5.74) is 0.694. The van der Waals surface area contributed by atoms with Gasteiger partial charge >= 0.3 is 0 Å². The van der Waals surface area contributed by atoms with Crippen LogP contribution in [0.25, 0.3) is 11.3 Å². The van der Waals surface area contributed by atoms with E-state index in [1.54, 1.807) is 18.3 Å². The van der Waals surface area contributed by atoms with Gasteiger partial charge in [-0.05, 0) is 45.0 Å². The highest BCUT2D eigenvalue weighted by Crippen LogP contribution is 2.22. The standard InChI is InChI=1S/C16H19ClN2O2/c1-16(2,3)19-14(20)8-9-15-18-10-13(21-15)11-4-6-12(17)7-5-11/h4-7,10H,8-9H2,1-3H3,(H,19,20). The van der Waals surface area contributed by atoms with Crippen LogP contribution in [0, 0.1) is 0 Å². The molecule has 1 amide bonds. The lowest BCUT2D eigenvalue weighted by atomic mass is 10.1. The number of benzene rings is 1. The number of nitrogens with one attached hydrogen (secondary N) is 1. The van der Waals surface area contributed by atoms with Crippen molar-refractivity contribution in [1.29, 1.82) is 0 Å². The molecule has 0 saturated carbocycles. The molecule has 2 rings (SSSR count). The Kier molecular flexibility index (Phi) is 4.68. The van der Waals surface area contributed by atoms with Crippen LogP contribution in [0.1, 0.15) is 33.1 Å². The zero-order valence-electron chi connectivity index (χ0n) is 12.4. The minimum atomic E-state index is -0.220. The molecular formula is C16H19ClN2O2. The largest absolute Gasteiger partial charge is 0.441 e. The predicted octanol–water partition coefficient (Wildman–Crippen LogP) is 3.84. The van der Waals surface area contributed by atoms with Crippen LogP contribution in [-0.2, 0) is 11.2 Å². The summed E-state index contributed by atoms with van der Waals surface area (Å²) in [5, 5.41) is 3.59. The molecule has 0 fully saturated rings. The maximum absolute atomic E-state index is 11.8. The second kappa shape index (κ2) is 6.31. The summed E-state index contributed by atoms with van der Waals surface area (Å²) in [6, 6.07) is 7.35. The van der Waals surface area contributed by atoms with Gasteiger partial charge in [-0.25, -0.2) is 4.98 Å². The van der Waals surface area contributed by atoms with Crippen molar-refractivity contribution in [2.45, 2.75) is 39.2 Å². The first kappa shape index (κ1) is 15.6. The van der Waals surface area contributed by atoms with Crippen LogP contribution in [0.3, 0.4) is 0 Å². The van der Waals surface area contributed by atoms with E-state index in [0.717, 1.165) is 5.56 Å². The third kappa shape index (κ3) is 4.90. The number of aryl methyl sites for hydroxylation is 1. The van der Waals surface area contributed by atoms with E-state index in [1.165, 1.54) is 0 Å². The molecule has 0 aliphatic heterocycles. The van der Waals surface area contributed by atoms with Crippen LogP contribution in [0.15, 0.2) is 34.9 Å². The maximum Gasteiger partial charge on any atom is 0.220 e. The van der Waals surface area contributed by atoms with Crippen LogP contribution in [0.5, 0.6) is 0 Å². The number of oxazole rings is 1. The van der Waals surface area contributed by atoms with Crippen molar-refractivity contribution >= 4 is 17.5 Å². The molecule has 21 heavy (non-hydrogen) atoms. The molecule has 0 bridgehead atoms. The molecule has 4 nitrogen and oxygen atoms in total. The Bertz CT molecular complexity index is 612. The quantitative estimate of drug-likeness (QED) is 0.933. The van der Waals surface area contributed by atoms with Crippen molar-refractivity contribution in [3.63, 3.8) is 0 Å². The average molecular weight is 307 g/mol. The lowest BCUT2D eigenvalue weighted by molar-refractivity contribution is -0.122. The fraction of sp³-hybridized carbons (Fsp3) is 0.375. The van der Waals surface area contributed by atoms with Crippen molar-refractivity contribution in [2.24, 2.45) is 0 Å². The highest BCUT2D eigenvalue weighted by atomic mass is 35.5. The molecule has 0 aliphatic rings. The van der Waals surface area contributed by atoms with Gasteiger partial charge in [0, 0.05) is 29.0 Å². The molecule has 0 aliphatic carbocycles. The fourth-order valence-corrected chi connectivity index (χ4v) is 2.00. The van der Waals surface area contributed by atoms with Crippen molar-refractivity contribution in [2.75, 3.05) is 0 Å². The predicted molar refractivity (Wildman–Crippen MR) is 83.2 cm³/mol. The molecule has 2 aromatic rings. The number of hydrogen-bond donors (Lipinski definition) is 1. The highest BCUT2D eigenvalue weighted by molar-refractivity contribution is 6.30. The molecule has 1 aromatic heterocycles. The molecule has 112 valence electrons. The second-order valence-electron chi connectivity index (χ2n) is 5.92. The topological polar surface area (TPSA) is 55.1 Å². The van der Waals surface area contributed by atoms with Gasteiger partial charge in [0.15, 0.2) is 11.7 Å². The first-order chi connectivity index (χ1) is 9.83. The van der Waals surface area contributed by atoms with Gasteiger partial charge in [0.2, 0.25) is 5.91 Å².